The summed E-state index contributed by atoms with van der Waals surface area (Å²) in [6, 6.07) is 6.21. The molecule has 2 aliphatic heterocycles. The van der Waals surface area contributed by atoms with Crippen molar-refractivity contribution in [2.75, 3.05) is 63.9 Å². The van der Waals surface area contributed by atoms with Crippen LogP contribution in [0, 0.1) is 0 Å². The van der Waals surface area contributed by atoms with Crippen LogP contribution < -0.4 is 14.4 Å². The number of ether oxygens (including phenoxy) is 2. The van der Waals surface area contributed by atoms with Crippen LogP contribution in [-0.4, -0.2) is 74.7 Å². The molecular weight excluding hydrogens is 438 g/mol. The Morgan fingerprint density at radius 3 is 2.66 bits per heavy atom. The molecule has 6 heteroatoms. The van der Waals surface area contributed by atoms with Crippen molar-refractivity contribution < 1.29 is 14.3 Å². The molecule has 2 aliphatic rings. The quantitative estimate of drug-likeness (QED) is 0.308. The van der Waals surface area contributed by atoms with E-state index in [0.717, 1.165) is 94.3 Å². The van der Waals surface area contributed by atoms with Gasteiger partial charge >= 0.3 is 0 Å². The fraction of sp³-hybridized carbons (Fsp3) is 0.552. The molecule has 0 saturated carbocycles. The molecule has 1 amide bonds. The second kappa shape index (κ2) is 14.6. The standard InChI is InChI=1S/C29H43N3O3/c1-4-12-25(13-5-2)24-31(6-3)28(33)16-8-7-9-17-30-18-20-32(21-19-30)26-14-10-15-27-29(26)35-23-11-22-34-27/h4-5,10,12-15H,1,6-9,11,16-24H2,2-3H3/b13-5-,25-12+. The van der Waals surface area contributed by atoms with Crippen molar-refractivity contribution in [1.29, 1.82) is 0 Å². The number of allylic oxidation sites excluding steroid dienone is 3. The number of amides is 1. The van der Waals surface area contributed by atoms with Crippen molar-refractivity contribution in [2.24, 2.45) is 0 Å². The van der Waals surface area contributed by atoms with Crippen molar-refractivity contribution >= 4 is 11.6 Å². The van der Waals surface area contributed by atoms with Crippen LogP contribution in [0.3, 0.4) is 0 Å². The summed E-state index contributed by atoms with van der Waals surface area (Å²) in [4.78, 5) is 19.6. The van der Waals surface area contributed by atoms with Gasteiger partial charge in [-0.25, -0.2) is 0 Å². The highest BCUT2D eigenvalue weighted by atomic mass is 16.5. The Labute approximate surface area is 211 Å². The van der Waals surface area contributed by atoms with Gasteiger partial charge in [0.2, 0.25) is 5.91 Å². The van der Waals surface area contributed by atoms with E-state index in [2.05, 4.69) is 28.5 Å². The molecule has 1 fully saturated rings. The Hall–Kier alpha value is -2.73. The first-order valence-corrected chi connectivity index (χ1v) is 13.2. The molecule has 0 aliphatic carbocycles. The zero-order valence-corrected chi connectivity index (χ0v) is 21.7. The molecule has 0 aromatic heterocycles. The average molecular weight is 482 g/mol. The van der Waals surface area contributed by atoms with Gasteiger partial charge in [0.15, 0.2) is 11.5 Å². The molecule has 0 spiro atoms. The predicted molar refractivity (Wildman–Crippen MR) is 145 cm³/mol. The third kappa shape index (κ3) is 8.17. The van der Waals surface area contributed by atoms with Gasteiger partial charge in [-0.1, -0.05) is 43.4 Å². The summed E-state index contributed by atoms with van der Waals surface area (Å²) in [5.74, 6) is 2.02. The summed E-state index contributed by atoms with van der Waals surface area (Å²) < 4.78 is 11.9. The molecule has 2 heterocycles. The predicted octanol–water partition coefficient (Wildman–Crippen LogP) is 5.07. The van der Waals surface area contributed by atoms with Crippen LogP contribution in [0.2, 0.25) is 0 Å². The van der Waals surface area contributed by atoms with Crippen LogP contribution in [0.4, 0.5) is 5.69 Å². The average Bonchev–Trinajstić information content (AvgIpc) is 3.13. The second-order valence-corrected chi connectivity index (χ2v) is 9.18. The molecule has 6 nitrogen and oxygen atoms in total. The topological polar surface area (TPSA) is 45.3 Å². The van der Waals surface area contributed by atoms with Gasteiger partial charge in [-0.2, -0.15) is 0 Å². The molecule has 0 N–H and O–H groups in total. The zero-order valence-electron chi connectivity index (χ0n) is 21.7. The van der Waals surface area contributed by atoms with E-state index in [1.54, 1.807) is 6.08 Å². The Balaban J connectivity index is 1.36. The molecule has 35 heavy (non-hydrogen) atoms. The lowest BCUT2D eigenvalue weighted by atomic mass is 10.1. The van der Waals surface area contributed by atoms with E-state index < -0.39 is 0 Å². The Kier molecular flexibility index (Phi) is 11.2. The van der Waals surface area contributed by atoms with Crippen molar-refractivity contribution in [3.05, 3.63) is 54.7 Å². The van der Waals surface area contributed by atoms with Crippen LogP contribution in [0.5, 0.6) is 11.5 Å². The summed E-state index contributed by atoms with van der Waals surface area (Å²) in [5, 5.41) is 0. The third-order valence-electron chi connectivity index (χ3n) is 6.65. The number of hydrogen-bond acceptors (Lipinski definition) is 5. The van der Waals surface area contributed by atoms with Crippen LogP contribution in [0.15, 0.2) is 54.7 Å². The van der Waals surface area contributed by atoms with Crippen molar-refractivity contribution in [3.8, 4) is 11.5 Å². The third-order valence-corrected chi connectivity index (χ3v) is 6.65. The van der Waals surface area contributed by atoms with Gasteiger partial charge in [0.25, 0.3) is 0 Å². The monoisotopic (exact) mass is 481 g/mol. The van der Waals surface area contributed by atoms with E-state index in [1.165, 1.54) is 0 Å². The molecule has 1 aromatic carbocycles. The fourth-order valence-corrected chi connectivity index (χ4v) is 4.71. The SMILES string of the molecule is C=C/C=C(\C=C/C)CN(CC)C(=O)CCCCCN1CCN(c2cccc3c2OCCCO3)CC1. The lowest BCUT2D eigenvalue weighted by Gasteiger charge is -2.36. The van der Waals surface area contributed by atoms with E-state index in [0.29, 0.717) is 19.6 Å². The van der Waals surface area contributed by atoms with E-state index in [4.69, 9.17) is 9.47 Å². The van der Waals surface area contributed by atoms with Gasteiger partial charge in [0.1, 0.15) is 0 Å². The molecular formula is C29H43N3O3. The molecule has 1 saturated heterocycles. The largest absolute Gasteiger partial charge is 0.489 e. The maximum Gasteiger partial charge on any atom is 0.222 e. The lowest BCUT2D eigenvalue weighted by Crippen LogP contribution is -2.46. The summed E-state index contributed by atoms with van der Waals surface area (Å²) in [6.07, 6.45) is 12.5. The van der Waals surface area contributed by atoms with Gasteiger partial charge in [-0.15, -0.1) is 0 Å². The highest BCUT2D eigenvalue weighted by molar-refractivity contribution is 5.76. The van der Waals surface area contributed by atoms with Gasteiger partial charge < -0.3 is 19.3 Å². The number of fused-ring (bicyclic) bond motifs is 1. The number of para-hydroxylation sites is 1. The number of benzene rings is 1. The minimum absolute atomic E-state index is 0.244. The van der Waals surface area contributed by atoms with Gasteiger partial charge in [0, 0.05) is 52.1 Å². The minimum Gasteiger partial charge on any atom is -0.489 e. The summed E-state index contributed by atoms with van der Waals surface area (Å²) >= 11 is 0. The zero-order chi connectivity index (χ0) is 24.9. The lowest BCUT2D eigenvalue weighted by molar-refractivity contribution is -0.130. The first kappa shape index (κ1) is 26.9. The van der Waals surface area contributed by atoms with Gasteiger partial charge in [-0.3, -0.25) is 9.69 Å². The van der Waals surface area contributed by atoms with Crippen molar-refractivity contribution in [1.82, 2.24) is 9.80 Å². The number of carbonyl (C=O) groups is 1. The number of nitrogens with zero attached hydrogens (tertiary/aromatic N) is 3. The van der Waals surface area contributed by atoms with Gasteiger partial charge in [0.05, 0.1) is 18.9 Å². The normalized spacial score (nSPS) is 16.9. The molecule has 192 valence electrons. The number of piperazine rings is 1. The number of rotatable bonds is 12. The first-order valence-electron chi connectivity index (χ1n) is 13.2. The van der Waals surface area contributed by atoms with Crippen molar-refractivity contribution in [2.45, 2.75) is 46.0 Å². The molecule has 3 rings (SSSR count). The summed E-state index contributed by atoms with van der Waals surface area (Å²) in [6.45, 7) is 15.8. The Morgan fingerprint density at radius 1 is 1.11 bits per heavy atom. The van der Waals surface area contributed by atoms with E-state index in [9.17, 15) is 4.79 Å². The number of likely N-dealkylation sites (N-methyl/N-ethyl adjacent to an activating group) is 1. The number of carbonyl (C=O) groups excluding carboxylic acids is 1. The number of unbranched alkanes of at least 4 members (excludes halogenated alkanes) is 2. The number of hydrogen-bond donors (Lipinski definition) is 0. The maximum absolute atomic E-state index is 12.7. The molecule has 0 atom stereocenters. The molecule has 0 unspecified atom stereocenters. The number of anilines is 1. The summed E-state index contributed by atoms with van der Waals surface area (Å²) in [5.41, 5.74) is 2.27. The van der Waals surface area contributed by atoms with E-state index in [-0.39, 0.29) is 5.91 Å². The summed E-state index contributed by atoms with van der Waals surface area (Å²) in [7, 11) is 0. The molecule has 0 radical (unpaired) electrons. The second-order valence-electron chi connectivity index (χ2n) is 9.18. The van der Waals surface area contributed by atoms with Crippen LogP contribution in [-0.2, 0) is 4.79 Å². The van der Waals surface area contributed by atoms with Crippen LogP contribution in [0.25, 0.3) is 0 Å². The minimum atomic E-state index is 0.244. The van der Waals surface area contributed by atoms with Crippen LogP contribution in [0.1, 0.15) is 46.0 Å². The van der Waals surface area contributed by atoms with Gasteiger partial charge in [-0.05, 0) is 50.9 Å². The van der Waals surface area contributed by atoms with E-state index >= 15 is 0 Å². The Bertz CT molecular complexity index is 872. The first-order chi connectivity index (χ1) is 17.2. The van der Waals surface area contributed by atoms with E-state index in [1.807, 2.05) is 43.0 Å². The molecule has 0 bridgehead atoms. The van der Waals surface area contributed by atoms with Crippen LogP contribution >= 0.6 is 0 Å². The maximum atomic E-state index is 12.7. The molecule has 1 aromatic rings. The Morgan fingerprint density at radius 2 is 1.91 bits per heavy atom. The smallest absolute Gasteiger partial charge is 0.222 e. The van der Waals surface area contributed by atoms with Crippen molar-refractivity contribution in [3.63, 3.8) is 0 Å². The fourth-order valence-electron chi connectivity index (χ4n) is 4.71. The highest BCUT2D eigenvalue weighted by Crippen LogP contribution is 2.39. The highest BCUT2D eigenvalue weighted by Gasteiger charge is 2.23.